The molecule has 1 aliphatic rings. The molecule has 0 unspecified atom stereocenters. The number of carbonyl (C=O) groups excluding carboxylic acids is 1. The minimum absolute atomic E-state index is 0.0151. The van der Waals surface area contributed by atoms with Crippen LogP contribution in [0.5, 0.6) is 0 Å². The van der Waals surface area contributed by atoms with E-state index < -0.39 is 0 Å². The average Bonchev–Trinajstić information content (AvgIpc) is 2.27. The van der Waals surface area contributed by atoms with Gasteiger partial charge in [-0.25, -0.2) is 0 Å². The molecule has 0 aromatic rings. The summed E-state index contributed by atoms with van der Waals surface area (Å²) in [7, 11) is 0. The molecule has 0 bridgehead atoms. The van der Waals surface area contributed by atoms with Crippen molar-refractivity contribution in [3.8, 4) is 0 Å². The summed E-state index contributed by atoms with van der Waals surface area (Å²) >= 11 is 0. The van der Waals surface area contributed by atoms with Crippen LogP contribution in [0.25, 0.3) is 0 Å². The van der Waals surface area contributed by atoms with Gasteiger partial charge in [0.05, 0.1) is 6.04 Å². The summed E-state index contributed by atoms with van der Waals surface area (Å²) in [5.41, 5.74) is -0.0287. The quantitative estimate of drug-likeness (QED) is 0.647. The minimum Gasteiger partial charge on any atom is -0.396 e. The number of carbonyl (C=O) groups is 1. The van der Waals surface area contributed by atoms with Crippen molar-refractivity contribution < 1.29 is 9.90 Å². The Hall–Kier alpha value is -0.610. The molecule has 16 heavy (non-hydrogen) atoms. The van der Waals surface area contributed by atoms with Crippen molar-refractivity contribution in [2.75, 3.05) is 19.7 Å². The van der Waals surface area contributed by atoms with Crippen molar-refractivity contribution >= 4 is 5.91 Å². The van der Waals surface area contributed by atoms with Gasteiger partial charge in [-0.1, -0.05) is 20.3 Å². The second kappa shape index (κ2) is 6.21. The summed E-state index contributed by atoms with van der Waals surface area (Å²) in [6, 6.07) is -0.0151. The molecule has 1 heterocycles. The third kappa shape index (κ3) is 4.49. The predicted molar refractivity (Wildman–Crippen MR) is 64.1 cm³/mol. The van der Waals surface area contributed by atoms with Gasteiger partial charge >= 0.3 is 0 Å². The summed E-state index contributed by atoms with van der Waals surface area (Å²) in [6.07, 6.45) is 3.95. The molecule has 3 N–H and O–H groups in total. The number of rotatable bonds is 5. The molecule has 0 spiro atoms. The van der Waals surface area contributed by atoms with E-state index in [4.69, 9.17) is 5.11 Å². The predicted octanol–water partition coefficient (Wildman–Crippen LogP) is 0.653. The number of hydrogen-bond acceptors (Lipinski definition) is 3. The summed E-state index contributed by atoms with van der Waals surface area (Å²) < 4.78 is 0. The fourth-order valence-corrected chi connectivity index (χ4v) is 1.92. The van der Waals surface area contributed by atoms with E-state index in [0.717, 1.165) is 19.4 Å². The fourth-order valence-electron chi connectivity index (χ4n) is 1.92. The molecule has 0 saturated carbocycles. The maximum atomic E-state index is 11.8. The molecule has 1 saturated heterocycles. The number of piperidine rings is 1. The highest BCUT2D eigenvalue weighted by atomic mass is 16.3. The van der Waals surface area contributed by atoms with Crippen LogP contribution in [-0.2, 0) is 4.79 Å². The molecule has 1 amide bonds. The van der Waals surface area contributed by atoms with Gasteiger partial charge in [0.15, 0.2) is 0 Å². The second-order valence-electron chi connectivity index (χ2n) is 5.36. The number of amides is 1. The number of hydrogen-bond donors (Lipinski definition) is 3. The topological polar surface area (TPSA) is 61.4 Å². The highest BCUT2D eigenvalue weighted by Crippen LogP contribution is 2.18. The van der Waals surface area contributed by atoms with Gasteiger partial charge < -0.3 is 15.7 Å². The first-order valence-corrected chi connectivity index (χ1v) is 6.17. The Morgan fingerprint density at radius 2 is 2.25 bits per heavy atom. The van der Waals surface area contributed by atoms with Crippen molar-refractivity contribution in [2.24, 2.45) is 5.41 Å². The van der Waals surface area contributed by atoms with E-state index in [0.29, 0.717) is 13.0 Å². The van der Waals surface area contributed by atoms with E-state index in [2.05, 4.69) is 24.5 Å². The van der Waals surface area contributed by atoms with E-state index in [-0.39, 0.29) is 24.0 Å². The van der Waals surface area contributed by atoms with Crippen molar-refractivity contribution in [3.05, 3.63) is 0 Å². The molecule has 4 nitrogen and oxygen atoms in total. The molecule has 94 valence electrons. The lowest BCUT2D eigenvalue weighted by Crippen LogP contribution is -2.48. The normalized spacial score (nSPS) is 21.8. The Bertz CT molecular complexity index is 223. The number of nitrogens with one attached hydrogen (secondary N) is 2. The highest BCUT2D eigenvalue weighted by Gasteiger charge is 2.23. The van der Waals surface area contributed by atoms with E-state index in [1.807, 2.05) is 0 Å². The first kappa shape index (κ1) is 13.5. The van der Waals surface area contributed by atoms with Crippen molar-refractivity contribution in [3.63, 3.8) is 0 Å². The van der Waals surface area contributed by atoms with E-state index in [1.54, 1.807) is 0 Å². The van der Waals surface area contributed by atoms with E-state index in [9.17, 15) is 4.79 Å². The zero-order valence-electron chi connectivity index (χ0n) is 10.4. The SMILES string of the molecule is CC(C)(CCO)CNC(=O)[C@H]1CCCCN1. The van der Waals surface area contributed by atoms with Crippen LogP contribution in [0.1, 0.15) is 39.5 Å². The molecular formula is C12H24N2O2. The van der Waals surface area contributed by atoms with Gasteiger partial charge in [-0.3, -0.25) is 4.79 Å². The van der Waals surface area contributed by atoms with Crippen LogP contribution in [-0.4, -0.2) is 36.8 Å². The van der Waals surface area contributed by atoms with Gasteiger partial charge in [0.25, 0.3) is 0 Å². The molecular weight excluding hydrogens is 204 g/mol. The van der Waals surface area contributed by atoms with E-state index >= 15 is 0 Å². The van der Waals surface area contributed by atoms with Crippen LogP contribution in [0, 0.1) is 5.41 Å². The number of aliphatic hydroxyl groups is 1. The third-order valence-corrected chi connectivity index (χ3v) is 3.16. The van der Waals surface area contributed by atoms with Crippen LogP contribution < -0.4 is 10.6 Å². The molecule has 1 aliphatic heterocycles. The van der Waals surface area contributed by atoms with Gasteiger partial charge in [-0.05, 0) is 31.2 Å². The largest absolute Gasteiger partial charge is 0.396 e. The molecule has 1 atom stereocenters. The van der Waals surface area contributed by atoms with Crippen molar-refractivity contribution in [1.29, 1.82) is 0 Å². The Morgan fingerprint density at radius 3 is 2.81 bits per heavy atom. The summed E-state index contributed by atoms with van der Waals surface area (Å²) in [5, 5.41) is 15.1. The Labute approximate surface area is 97.8 Å². The molecule has 0 radical (unpaired) electrons. The monoisotopic (exact) mass is 228 g/mol. The first-order valence-electron chi connectivity index (χ1n) is 6.17. The first-order chi connectivity index (χ1) is 7.55. The molecule has 0 aromatic carbocycles. The van der Waals surface area contributed by atoms with E-state index in [1.165, 1.54) is 6.42 Å². The average molecular weight is 228 g/mol. The Morgan fingerprint density at radius 1 is 1.50 bits per heavy atom. The Balaban J connectivity index is 2.28. The highest BCUT2D eigenvalue weighted by molar-refractivity contribution is 5.81. The van der Waals surface area contributed by atoms with Crippen LogP contribution in [0.4, 0.5) is 0 Å². The van der Waals surface area contributed by atoms with Gasteiger partial charge in [-0.15, -0.1) is 0 Å². The maximum absolute atomic E-state index is 11.8. The van der Waals surface area contributed by atoms with Gasteiger partial charge in [0, 0.05) is 13.2 Å². The van der Waals surface area contributed by atoms with Crippen LogP contribution in [0.3, 0.4) is 0 Å². The van der Waals surface area contributed by atoms with Crippen molar-refractivity contribution in [2.45, 2.75) is 45.6 Å². The Kier molecular flexibility index (Phi) is 5.22. The third-order valence-electron chi connectivity index (χ3n) is 3.16. The van der Waals surface area contributed by atoms with Gasteiger partial charge in [0.1, 0.15) is 0 Å². The smallest absolute Gasteiger partial charge is 0.237 e. The lowest BCUT2D eigenvalue weighted by Gasteiger charge is -2.27. The van der Waals surface area contributed by atoms with Crippen LogP contribution in [0.15, 0.2) is 0 Å². The lowest BCUT2D eigenvalue weighted by atomic mass is 9.89. The molecule has 0 aliphatic carbocycles. The molecule has 1 fully saturated rings. The number of aliphatic hydroxyl groups excluding tert-OH is 1. The van der Waals surface area contributed by atoms with Crippen molar-refractivity contribution in [1.82, 2.24) is 10.6 Å². The summed E-state index contributed by atoms with van der Waals surface area (Å²) in [5.74, 6) is 0.103. The van der Waals surface area contributed by atoms with Gasteiger partial charge in [-0.2, -0.15) is 0 Å². The lowest BCUT2D eigenvalue weighted by molar-refractivity contribution is -0.124. The molecule has 4 heteroatoms. The zero-order chi connectivity index (χ0) is 12.0. The minimum atomic E-state index is -0.0287. The molecule has 1 rings (SSSR count). The summed E-state index contributed by atoms with van der Waals surface area (Å²) in [4.78, 5) is 11.8. The van der Waals surface area contributed by atoms with Gasteiger partial charge in [0.2, 0.25) is 5.91 Å². The maximum Gasteiger partial charge on any atom is 0.237 e. The zero-order valence-corrected chi connectivity index (χ0v) is 10.4. The van der Waals surface area contributed by atoms with Crippen LogP contribution >= 0.6 is 0 Å². The fraction of sp³-hybridized carbons (Fsp3) is 0.917. The summed E-state index contributed by atoms with van der Waals surface area (Å²) in [6.45, 7) is 5.85. The van der Waals surface area contributed by atoms with Crippen LogP contribution in [0.2, 0.25) is 0 Å². The molecule has 0 aromatic heterocycles. The second-order valence-corrected chi connectivity index (χ2v) is 5.36. The standard InChI is InChI=1S/C12H24N2O2/c1-12(2,6-8-15)9-14-11(16)10-5-3-4-7-13-10/h10,13,15H,3-9H2,1-2H3,(H,14,16)/t10-/m1/s1.